The second-order valence-electron chi connectivity index (χ2n) is 2.04. The van der Waals surface area contributed by atoms with Gasteiger partial charge in [0, 0.05) is 19.4 Å². The van der Waals surface area contributed by atoms with Crippen molar-refractivity contribution in [2.75, 3.05) is 13.2 Å². The monoisotopic (exact) mass is 155 g/mol. The number of rotatable bonds is 5. The van der Waals surface area contributed by atoms with E-state index < -0.39 is 5.68 Å². The number of hydrogen-bond acceptors (Lipinski definition) is 3. The van der Waals surface area contributed by atoms with Gasteiger partial charge < -0.3 is 15.2 Å². The van der Waals surface area contributed by atoms with Crippen molar-refractivity contribution >= 4 is 19.4 Å². The van der Waals surface area contributed by atoms with E-state index in [2.05, 4.69) is 5.32 Å². The lowest BCUT2D eigenvalue weighted by Gasteiger charge is -2.00. The van der Waals surface area contributed by atoms with Crippen molar-refractivity contribution in [1.82, 2.24) is 5.32 Å². The van der Waals surface area contributed by atoms with Crippen LogP contribution in [-0.4, -0.2) is 37.7 Å². The van der Waals surface area contributed by atoms with Gasteiger partial charge in [0.2, 0.25) is 5.91 Å². The zero-order valence-corrected chi connectivity index (χ0v) is 6.17. The minimum Gasteiger partial charge on any atom is -0.396 e. The third kappa shape index (κ3) is 7.06. The molecule has 5 heteroatoms. The number of carbonyl (C=O) groups excluding carboxylic acids is 2. The zero-order chi connectivity index (χ0) is 8.69. The van der Waals surface area contributed by atoms with Gasteiger partial charge in [-0.25, -0.2) is 0 Å². The maximum atomic E-state index is 10.6. The Bertz CT molecular complexity index is 149. The third-order valence-electron chi connectivity index (χ3n) is 1.03. The standard InChI is InChI=1S/C6H10BNO3/c7-5(10)1-3-8-6(11)2-4-9/h9H,1-4H2,(H,8,11). The van der Waals surface area contributed by atoms with Crippen LogP contribution < -0.4 is 5.32 Å². The van der Waals surface area contributed by atoms with E-state index in [0.717, 1.165) is 0 Å². The molecule has 0 aromatic heterocycles. The Labute approximate surface area is 66.4 Å². The molecule has 0 saturated carbocycles. The molecule has 0 heterocycles. The molecular weight excluding hydrogens is 145 g/mol. The largest absolute Gasteiger partial charge is 0.396 e. The Morgan fingerprint density at radius 1 is 1.36 bits per heavy atom. The first-order chi connectivity index (χ1) is 5.16. The topological polar surface area (TPSA) is 66.4 Å². The smallest absolute Gasteiger partial charge is 0.222 e. The highest BCUT2D eigenvalue weighted by Gasteiger charge is 1.98. The molecule has 1 amide bonds. The van der Waals surface area contributed by atoms with E-state index in [1.54, 1.807) is 0 Å². The summed E-state index contributed by atoms with van der Waals surface area (Å²) in [5.74, 6) is -0.270. The lowest BCUT2D eigenvalue weighted by atomic mass is 10.00. The van der Waals surface area contributed by atoms with Crippen LogP contribution in [0.15, 0.2) is 0 Å². The zero-order valence-electron chi connectivity index (χ0n) is 6.17. The summed E-state index contributed by atoms with van der Waals surface area (Å²) >= 11 is 0. The van der Waals surface area contributed by atoms with Crippen LogP contribution in [0.25, 0.3) is 0 Å². The molecule has 0 spiro atoms. The lowest BCUT2D eigenvalue weighted by Crippen LogP contribution is -2.26. The molecule has 60 valence electrons. The minimum absolute atomic E-state index is 0.0682. The van der Waals surface area contributed by atoms with Crippen molar-refractivity contribution in [3.8, 4) is 0 Å². The van der Waals surface area contributed by atoms with Crippen molar-refractivity contribution in [2.45, 2.75) is 12.8 Å². The molecule has 0 rings (SSSR count). The van der Waals surface area contributed by atoms with Crippen molar-refractivity contribution in [1.29, 1.82) is 0 Å². The minimum atomic E-state index is -0.450. The molecule has 0 unspecified atom stereocenters. The predicted octanol–water partition coefficient (Wildman–Crippen LogP) is -1.43. The van der Waals surface area contributed by atoms with Gasteiger partial charge in [-0.1, -0.05) is 0 Å². The summed E-state index contributed by atoms with van der Waals surface area (Å²) in [6.45, 7) is 0.0660. The molecular formula is C6H10BNO3. The second kappa shape index (κ2) is 5.91. The molecule has 2 N–H and O–H groups in total. The van der Waals surface area contributed by atoms with E-state index >= 15 is 0 Å². The van der Waals surface area contributed by atoms with Gasteiger partial charge in [-0.15, -0.1) is 0 Å². The molecule has 2 radical (unpaired) electrons. The van der Waals surface area contributed by atoms with Gasteiger partial charge in [0.1, 0.15) is 0 Å². The van der Waals surface area contributed by atoms with Crippen LogP contribution in [0.4, 0.5) is 0 Å². The van der Waals surface area contributed by atoms with Crippen molar-refractivity contribution in [3.05, 3.63) is 0 Å². The Hall–Kier alpha value is -0.835. The van der Waals surface area contributed by atoms with Crippen LogP contribution in [0, 0.1) is 0 Å². The molecule has 0 aromatic rings. The summed E-state index contributed by atoms with van der Waals surface area (Å²) in [6.07, 6.45) is 0.204. The van der Waals surface area contributed by atoms with Gasteiger partial charge in [0.15, 0.2) is 7.85 Å². The fourth-order valence-electron chi connectivity index (χ4n) is 0.515. The van der Waals surface area contributed by atoms with E-state index in [9.17, 15) is 9.59 Å². The number of hydrogen-bond donors (Lipinski definition) is 2. The summed E-state index contributed by atoms with van der Waals surface area (Å²) in [5, 5.41) is 10.7. The Kier molecular flexibility index (Phi) is 5.46. The normalized spacial score (nSPS) is 9.18. The highest BCUT2D eigenvalue weighted by Crippen LogP contribution is 1.78. The van der Waals surface area contributed by atoms with Crippen molar-refractivity contribution < 1.29 is 14.7 Å². The molecule has 11 heavy (non-hydrogen) atoms. The van der Waals surface area contributed by atoms with Crippen LogP contribution >= 0.6 is 0 Å². The fraction of sp³-hybridized carbons (Fsp3) is 0.667. The first kappa shape index (κ1) is 10.2. The highest BCUT2D eigenvalue weighted by atomic mass is 16.3. The van der Waals surface area contributed by atoms with E-state index in [-0.39, 0.29) is 31.9 Å². The number of nitrogens with one attached hydrogen (secondary N) is 1. The van der Waals surface area contributed by atoms with Crippen molar-refractivity contribution in [2.24, 2.45) is 0 Å². The maximum absolute atomic E-state index is 10.6. The van der Waals surface area contributed by atoms with E-state index in [1.165, 1.54) is 0 Å². The molecule has 0 atom stereocenters. The molecule has 0 saturated heterocycles. The molecule has 0 aliphatic heterocycles. The summed E-state index contributed by atoms with van der Waals surface area (Å²) < 4.78 is 0. The van der Waals surface area contributed by atoms with Crippen LogP contribution in [0.2, 0.25) is 0 Å². The fourth-order valence-corrected chi connectivity index (χ4v) is 0.515. The highest BCUT2D eigenvalue weighted by molar-refractivity contribution is 6.57. The van der Waals surface area contributed by atoms with E-state index in [1.807, 2.05) is 0 Å². The number of carbonyl (C=O) groups is 2. The third-order valence-corrected chi connectivity index (χ3v) is 1.03. The Morgan fingerprint density at radius 3 is 2.45 bits per heavy atom. The maximum Gasteiger partial charge on any atom is 0.222 e. The molecule has 0 aliphatic carbocycles. The second-order valence-corrected chi connectivity index (χ2v) is 2.04. The van der Waals surface area contributed by atoms with Crippen molar-refractivity contribution in [3.63, 3.8) is 0 Å². The lowest BCUT2D eigenvalue weighted by molar-refractivity contribution is -0.121. The molecule has 0 fully saturated rings. The van der Waals surface area contributed by atoms with Gasteiger partial charge in [0.05, 0.1) is 12.3 Å². The number of aliphatic hydroxyl groups excluding tert-OH is 1. The van der Waals surface area contributed by atoms with Gasteiger partial charge in [-0.2, -0.15) is 0 Å². The number of amides is 1. The van der Waals surface area contributed by atoms with Gasteiger partial charge in [0.25, 0.3) is 0 Å². The quantitative estimate of drug-likeness (QED) is 0.478. The summed E-state index contributed by atoms with van der Waals surface area (Å²) in [5.41, 5.74) is -0.450. The average molecular weight is 155 g/mol. The van der Waals surface area contributed by atoms with Gasteiger partial charge >= 0.3 is 0 Å². The summed E-state index contributed by atoms with van der Waals surface area (Å²) in [6, 6.07) is 0. The van der Waals surface area contributed by atoms with E-state index in [4.69, 9.17) is 13.0 Å². The summed E-state index contributed by atoms with van der Waals surface area (Å²) in [4.78, 5) is 20.8. The van der Waals surface area contributed by atoms with Crippen LogP contribution in [0.1, 0.15) is 12.8 Å². The Balaban J connectivity index is 3.24. The van der Waals surface area contributed by atoms with Crippen LogP contribution in [-0.2, 0) is 9.59 Å². The molecule has 4 nitrogen and oxygen atoms in total. The van der Waals surface area contributed by atoms with Gasteiger partial charge in [-0.05, 0) is 0 Å². The van der Waals surface area contributed by atoms with Gasteiger partial charge in [-0.3, -0.25) is 4.79 Å². The SMILES string of the molecule is [B]C(=O)CCNC(=O)CCO. The predicted molar refractivity (Wildman–Crippen MR) is 40.1 cm³/mol. The molecule has 0 aliphatic rings. The van der Waals surface area contributed by atoms with Crippen LogP contribution in [0.5, 0.6) is 0 Å². The van der Waals surface area contributed by atoms with E-state index in [0.29, 0.717) is 0 Å². The Morgan fingerprint density at radius 2 is 2.00 bits per heavy atom. The number of aliphatic hydroxyl groups is 1. The first-order valence-electron chi connectivity index (χ1n) is 3.32. The summed E-state index contributed by atoms with van der Waals surface area (Å²) in [7, 11) is 4.81. The first-order valence-corrected chi connectivity index (χ1v) is 3.32. The molecule has 0 bridgehead atoms. The average Bonchev–Trinajstić information content (AvgIpc) is 1.87. The molecule has 0 aromatic carbocycles. The van der Waals surface area contributed by atoms with Crippen LogP contribution in [0.3, 0.4) is 0 Å².